The van der Waals surface area contributed by atoms with E-state index in [9.17, 15) is 4.79 Å². The molecular weight excluding hydrogens is 354 g/mol. The zero-order valence-corrected chi connectivity index (χ0v) is 16.0. The number of hydrogen-bond donors (Lipinski definition) is 1. The predicted octanol–water partition coefficient (Wildman–Crippen LogP) is 1.85. The fourth-order valence-electron chi connectivity index (χ4n) is 5.11. The average Bonchev–Trinajstić information content (AvgIpc) is 3.41. The average molecular weight is 379 g/mol. The number of amides is 1. The molecule has 3 fully saturated rings. The Labute approximate surface area is 164 Å². The van der Waals surface area contributed by atoms with E-state index >= 15 is 0 Å². The lowest BCUT2D eigenvalue weighted by Gasteiger charge is -2.29. The minimum atomic E-state index is -0.120. The van der Waals surface area contributed by atoms with E-state index < -0.39 is 0 Å². The number of hydrogen-bond acceptors (Lipinski definition) is 6. The number of aryl methyl sites for hydroxylation is 1. The number of ether oxygens (including phenoxy) is 1. The smallest absolute Gasteiger partial charge is 0.269 e. The molecule has 0 saturated carbocycles. The summed E-state index contributed by atoms with van der Waals surface area (Å²) in [5, 5.41) is 3.07. The summed E-state index contributed by atoms with van der Waals surface area (Å²) < 4.78 is 6.47. The monoisotopic (exact) mass is 379 g/mol. The lowest BCUT2D eigenvalue weighted by molar-refractivity contribution is 0.0141. The molecule has 1 spiro atoms. The van der Waals surface area contributed by atoms with Gasteiger partial charge in [0.2, 0.25) is 5.95 Å². The maximum absolute atomic E-state index is 12.4. The van der Waals surface area contributed by atoms with Crippen LogP contribution in [0.2, 0.25) is 0 Å². The number of fused-ring (bicyclic) bond motifs is 1. The Morgan fingerprint density at radius 1 is 1.32 bits per heavy atom. The molecule has 28 heavy (non-hydrogen) atoms. The van der Waals surface area contributed by atoms with Gasteiger partial charge < -0.3 is 15.0 Å². The van der Waals surface area contributed by atoms with Crippen molar-refractivity contribution >= 4 is 11.9 Å². The quantitative estimate of drug-likeness (QED) is 0.854. The van der Waals surface area contributed by atoms with Gasteiger partial charge in [0.1, 0.15) is 5.69 Å². The number of nitrogens with one attached hydrogen (secondary N) is 1. The van der Waals surface area contributed by atoms with Gasteiger partial charge in [-0.2, -0.15) is 0 Å². The van der Waals surface area contributed by atoms with Crippen LogP contribution in [-0.4, -0.2) is 52.2 Å². The molecule has 2 aromatic heterocycles. The van der Waals surface area contributed by atoms with Crippen molar-refractivity contribution in [2.24, 2.45) is 11.8 Å². The van der Waals surface area contributed by atoms with Gasteiger partial charge in [0, 0.05) is 43.5 Å². The van der Waals surface area contributed by atoms with Crippen molar-refractivity contribution in [2.75, 3.05) is 24.5 Å². The Hall–Kier alpha value is -2.54. The molecule has 7 nitrogen and oxygen atoms in total. The maximum Gasteiger partial charge on any atom is 0.269 e. The third-order valence-corrected chi connectivity index (χ3v) is 6.56. The molecule has 7 heteroatoms. The fraction of sp³-hybridized carbons (Fsp3) is 0.524. The standard InChI is InChI=1S/C21H25N5O2/c1-2-14-9-24-20(25-10-14)26-12-16-15(18-6-7-21(16,13-26)28-18)11-23-19(27)17-5-3-4-8-22-17/h3-5,8-10,15-16,18H,2,6-7,11-13H2,1H3,(H,23,27)/t15-,16+,18+,21+/m0/s1. The van der Waals surface area contributed by atoms with E-state index in [-0.39, 0.29) is 17.6 Å². The molecular formula is C21H25N5O2. The number of anilines is 1. The lowest BCUT2D eigenvalue weighted by Crippen LogP contribution is -2.42. The lowest BCUT2D eigenvalue weighted by atomic mass is 9.73. The number of pyridine rings is 1. The highest BCUT2D eigenvalue weighted by atomic mass is 16.5. The van der Waals surface area contributed by atoms with Gasteiger partial charge in [0.15, 0.2) is 0 Å². The Morgan fingerprint density at radius 3 is 2.93 bits per heavy atom. The van der Waals surface area contributed by atoms with Crippen molar-refractivity contribution in [3.05, 3.63) is 48.0 Å². The maximum atomic E-state index is 12.4. The van der Waals surface area contributed by atoms with Crippen LogP contribution in [0.25, 0.3) is 0 Å². The van der Waals surface area contributed by atoms with Crippen molar-refractivity contribution in [3.63, 3.8) is 0 Å². The van der Waals surface area contributed by atoms with E-state index in [0.717, 1.165) is 43.9 Å². The van der Waals surface area contributed by atoms with Crippen molar-refractivity contribution in [1.29, 1.82) is 0 Å². The van der Waals surface area contributed by atoms with Crippen LogP contribution >= 0.6 is 0 Å². The number of nitrogens with zero attached hydrogens (tertiary/aromatic N) is 4. The number of carbonyl (C=O) groups is 1. The van der Waals surface area contributed by atoms with Crippen molar-refractivity contribution in [2.45, 2.75) is 37.9 Å². The summed E-state index contributed by atoms with van der Waals surface area (Å²) in [5.74, 6) is 1.38. The first-order valence-corrected chi connectivity index (χ1v) is 10.1. The third kappa shape index (κ3) is 2.85. The van der Waals surface area contributed by atoms with Gasteiger partial charge in [0.25, 0.3) is 5.91 Å². The molecule has 5 rings (SSSR count). The van der Waals surface area contributed by atoms with Gasteiger partial charge in [-0.25, -0.2) is 9.97 Å². The van der Waals surface area contributed by atoms with Crippen LogP contribution in [0.5, 0.6) is 0 Å². The Balaban J connectivity index is 1.28. The summed E-state index contributed by atoms with van der Waals surface area (Å²) in [4.78, 5) is 27.9. The van der Waals surface area contributed by atoms with Crippen LogP contribution < -0.4 is 10.2 Å². The zero-order chi connectivity index (χ0) is 19.1. The minimum absolute atomic E-state index is 0.113. The first-order chi connectivity index (χ1) is 13.7. The molecule has 3 aliphatic rings. The van der Waals surface area contributed by atoms with Crippen LogP contribution in [0.1, 0.15) is 35.8 Å². The summed E-state index contributed by atoms with van der Waals surface area (Å²) in [6, 6.07) is 5.38. The van der Waals surface area contributed by atoms with Gasteiger partial charge in [0.05, 0.1) is 18.2 Å². The molecule has 0 unspecified atom stereocenters. The molecule has 3 saturated heterocycles. The van der Waals surface area contributed by atoms with Gasteiger partial charge in [-0.15, -0.1) is 0 Å². The topological polar surface area (TPSA) is 80.2 Å². The SMILES string of the molecule is CCc1cnc(N2C[C@@H]3[C@H](CNC(=O)c4ccccn4)[C@H]4CC[C@]3(C2)O4)nc1. The largest absolute Gasteiger partial charge is 0.369 e. The normalized spacial score (nSPS) is 30.5. The first kappa shape index (κ1) is 17.6. The molecule has 2 aromatic rings. The molecule has 0 aromatic carbocycles. The summed E-state index contributed by atoms with van der Waals surface area (Å²) in [6.45, 7) is 4.44. The van der Waals surface area contributed by atoms with Gasteiger partial charge in [-0.05, 0) is 37.0 Å². The molecule has 2 bridgehead atoms. The summed E-state index contributed by atoms with van der Waals surface area (Å²) >= 11 is 0. The molecule has 1 amide bonds. The molecule has 0 aliphatic carbocycles. The number of rotatable bonds is 5. The second kappa shape index (κ2) is 6.81. The van der Waals surface area contributed by atoms with E-state index in [2.05, 4.69) is 32.1 Å². The summed E-state index contributed by atoms with van der Waals surface area (Å²) in [5.41, 5.74) is 1.49. The number of carbonyl (C=O) groups excluding carboxylic acids is 1. The van der Waals surface area contributed by atoms with Crippen molar-refractivity contribution in [1.82, 2.24) is 20.3 Å². The van der Waals surface area contributed by atoms with Gasteiger partial charge in [-0.3, -0.25) is 9.78 Å². The highest BCUT2D eigenvalue weighted by Crippen LogP contribution is 2.54. The van der Waals surface area contributed by atoms with Crippen LogP contribution in [0, 0.1) is 11.8 Å². The van der Waals surface area contributed by atoms with Crippen LogP contribution in [-0.2, 0) is 11.2 Å². The first-order valence-electron chi connectivity index (χ1n) is 10.1. The Bertz CT molecular complexity index is 859. The van der Waals surface area contributed by atoms with E-state index in [1.54, 1.807) is 12.3 Å². The van der Waals surface area contributed by atoms with Gasteiger partial charge >= 0.3 is 0 Å². The van der Waals surface area contributed by atoms with Crippen LogP contribution in [0.4, 0.5) is 5.95 Å². The van der Waals surface area contributed by atoms with Crippen LogP contribution in [0.15, 0.2) is 36.8 Å². The second-order valence-electron chi connectivity index (χ2n) is 8.08. The third-order valence-electron chi connectivity index (χ3n) is 6.56. The van der Waals surface area contributed by atoms with Crippen molar-refractivity contribution < 1.29 is 9.53 Å². The molecule has 0 radical (unpaired) electrons. The van der Waals surface area contributed by atoms with E-state index in [0.29, 0.717) is 24.1 Å². The molecule has 4 atom stereocenters. The Kier molecular flexibility index (Phi) is 4.27. The van der Waals surface area contributed by atoms with E-state index in [4.69, 9.17) is 4.74 Å². The van der Waals surface area contributed by atoms with E-state index in [1.807, 2.05) is 24.5 Å². The summed E-state index contributed by atoms with van der Waals surface area (Å²) in [6.07, 6.45) is 8.78. The zero-order valence-electron chi connectivity index (χ0n) is 16.0. The number of aromatic nitrogens is 3. The fourth-order valence-corrected chi connectivity index (χ4v) is 5.11. The van der Waals surface area contributed by atoms with Gasteiger partial charge in [-0.1, -0.05) is 13.0 Å². The molecule has 5 heterocycles. The minimum Gasteiger partial charge on any atom is -0.369 e. The van der Waals surface area contributed by atoms with Crippen molar-refractivity contribution in [3.8, 4) is 0 Å². The van der Waals surface area contributed by atoms with Crippen LogP contribution in [0.3, 0.4) is 0 Å². The molecule has 3 aliphatic heterocycles. The predicted molar refractivity (Wildman–Crippen MR) is 104 cm³/mol. The second-order valence-corrected chi connectivity index (χ2v) is 8.08. The Morgan fingerprint density at radius 2 is 2.18 bits per heavy atom. The summed E-state index contributed by atoms with van der Waals surface area (Å²) in [7, 11) is 0. The highest BCUT2D eigenvalue weighted by molar-refractivity contribution is 5.92. The molecule has 146 valence electrons. The van der Waals surface area contributed by atoms with E-state index in [1.165, 1.54) is 0 Å². The molecule has 1 N–H and O–H groups in total. The highest BCUT2D eigenvalue weighted by Gasteiger charge is 2.63.